The molecule has 3 N–H and O–H groups in total. The maximum atomic E-state index is 10.0. The normalized spacial score (nSPS) is 13.6. The van der Waals surface area contributed by atoms with Crippen molar-refractivity contribution in [2.75, 3.05) is 27.7 Å². The van der Waals surface area contributed by atoms with Gasteiger partial charge in [0.1, 0.15) is 12.6 Å². The lowest BCUT2D eigenvalue weighted by Crippen LogP contribution is -2.43. The van der Waals surface area contributed by atoms with E-state index in [-0.39, 0.29) is 6.42 Å². The molecule has 0 saturated carbocycles. The molecule has 98 valence electrons. The minimum Gasteiger partial charge on any atom is -0.550 e. The molecule has 1 unspecified atom stereocenters. The number of aliphatic hydroxyl groups excluding tert-OH is 1. The van der Waals surface area contributed by atoms with Crippen molar-refractivity contribution in [2.24, 2.45) is 0 Å². The fourth-order valence-electron chi connectivity index (χ4n) is 0.889. The van der Waals surface area contributed by atoms with E-state index in [1.165, 1.54) is 0 Å². The van der Waals surface area contributed by atoms with Gasteiger partial charge >= 0.3 is 10.4 Å². The van der Waals surface area contributed by atoms with Gasteiger partial charge in [-0.1, -0.05) is 0 Å². The van der Waals surface area contributed by atoms with Crippen molar-refractivity contribution in [1.29, 1.82) is 0 Å². The molecule has 0 radical (unpaired) electrons. The van der Waals surface area contributed by atoms with Crippen LogP contribution < -0.4 is 5.11 Å². The highest BCUT2D eigenvalue weighted by atomic mass is 32.3. The van der Waals surface area contributed by atoms with Crippen molar-refractivity contribution in [1.82, 2.24) is 0 Å². The number of quaternary nitrogens is 1. The molecule has 0 fully saturated rings. The summed E-state index contributed by atoms with van der Waals surface area (Å²) in [7, 11) is 0.996. The molecular weight excluding hydrogens is 242 g/mol. The third-order valence-electron chi connectivity index (χ3n) is 1.16. The number of carboxylic acid groups (broad SMARTS) is 1. The van der Waals surface area contributed by atoms with Crippen molar-refractivity contribution in [3.8, 4) is 0 Å². The van der Waals surface area contributed by atoms with Crippen LogP contribution in [0.3, 0.4) is 0 Å². The van der Waals surface area contributed by atoms with E-state index >= 15 is 0 Å². The van der Waals surface area contributed by atoms with Crippen LogP contribution in [0.25, 0.3) is 0 Å². The third kappa shape index (κ3) is 29.2. The number of carbonyl (C=O) groups is 1. The number of hydrogen-bond acceptors (Lipinski definition) is 5. The van der Waals surface area contributed by atoms with Gasteiger partial charge in [-0.25, -0.2) is 0 Å². The summed E-state index contributed by atoms with van der Waals surface area (Å²) in [5, 5.41) is 19.1. The molecule has 9 heteroatoms. The highest BCUT2D eigenvalue weighted by molar-refractivity contribution is 7.79. The van der Waals surface area contributed by atoms with Gasteiger partial charge in [-0.2, -0.15) is 8.42 Å². The summed E-state index contributed by atoms with van der Waals surface area (Å²) in [6, 6.07) is 0. The van der Waals surface area contributed by atoms with E-state index in [0.29, 0.717) is 11.0 Å². The average molecular weight is 259 g/mol. The van der Waals surface area contributed by atoms with Crippen LogP contribution >= 0.6 is 0 Å². The maximum absolute atomic E-state index is 10.0. The molecule has 0 amide bonds. The second kappa shape index (κ2) is 6.76. The largest absolute Gasteiger partial charge is 0.550 e. The third-order valence-corrected chi connectivity index (χ3v) is 1.16. The molecule has 8 nitrogen and oxygen atoms in total. The molecule has 0 aromatic carbocycles. The quantitative estimate of drug-likeness (QED) is 0.376. The molecule has 0 rings (SSSR count). The lowest BCUT2D eigenvalue weighted by Gasteiger charge is -2.26. The van der Waals surface area contributed by atoms with E-state index in [9.17, 15) is 9.90 Å². The Kier molecular flexibility index (Phi) is 7.46. The van der Waals surface area contributed by atoms with Crippen LogP contribution in [0, 0.1) is 0 Å². The molecule has 0 spiro atoms. The minimum absolute atomic E-state index is 0.282. The number of aliphatic hydroxyl groups is 1. The van der Waals surface area contributed by atoms with Gasteiger partial charge in [0.05, 0.1) is 21.1 Å². The predicted octanol–water partition coefficient (Wildman–Crippen LogP) is -2.46. The number of carboxylic acids is 1. The topological polar surface area (TPSA) is 135 Å². The fraction of sp³-hybridized carbons (Fsp3) is 0.857. The minimum atomic E-state index is -4.67. The standard InChI is InChI=1S/C7H15NO3.H2O4S/c1-8(2,3)5-6(9)4-7(10)11;1-5(2,3)4/h6,9H,4-5H2,1-3H3;(H2,1,2,3,4). The zero-order valence-corrected chi connectivity index (χ0v) is 10.1. The van der Waals surface area contributed by atoms with Crippen LogP contribution in [0.4, 0.5) is 0 Å². The second-order valence-corrected chi connectivity index (χ2v) is 5.05. The van der Waals surface area contributed by atoms with Crippen LogP contribution in [0.15, 0.2) is 0 Å². The molecule has 0 aromatic rings. The van der Waals surface area contributed by atoms with Gasteiger partial charge < -0.3 is 19.5 Å². The Labute approximate surface area is 94.3 Å². The number of nitrogens with zero attached hydrogens (tertiary/aromatic N) is 1. The molecular formula is C7H17NO7S. The SMILES string of the molecule is C[N+](C)(C)CC(O)CC(=O)[O-].O=S(=O)(O)O. The molecule has 16 heavy (non-hydrogen) atoms. The zero-order chi connectivity index (χ0) is 13.6. The van der Waals surface area contributed by atoms with Crippen molar-refractivity contribution in [2.45, 2.75) is 12.5 Å². The summed E-state index contributed by atoms with van der Waals surface area (Å²) in [4.78, 5) is 10.0. The van der Waals surface area contributed by atoms with E-state index in [1.807, 2.05) is 21.1 Å². The van der Waals surface area contributed by atoms with E-state index in [4.69, 9.17) is 22.6 Å². The first kappa shape index (κ1) is 17.6. The zero-order valence-electron chi connectivity index (χ0n) is 9.32. The Hall–Kier alpha value is -0.740. The van der Waals surface area contributed by atoms with Crippen molar-refractivity contribution in [3.63, 3.8) is 0 Å². The Balaban J connectivity index is 0. The summed E-state index contributed by atoms with van der Waals surface area (Å²) < 4.78 is 32.1. The van der Waals surface area contributed by atoms with Gasteiger partial charge in [-0.3, -0.25) is 9.11 Å². The first-order valence-electron chi connectivity index (χ1n) is 4.19. The monoisotopic (exact) mass is 259 g/mol. The first-order valence-corrected chi connectivity index (χ1v) is 5.59. The molecule has 0 heterocycles. The van der Waals surface area contributed by atoms with Gasteiger partial charge in [0, 0.05) is 12.4 Å². The van der Waals surface area contributed by atoms with Crippen molar-refractivity contribution < 1.29 is 37.0 Å². The summed E-state index contributed by atoms with van der Waals surface area (Å²) in [6.07, 6.45) is -1.09. The molecule has 0 aromatic heterocycles. The number of rotatable bonds is 4. The Morgan fingerprint density at radius 2 is 1.62 bits per heavy atom. The molecule has 1 atom stereocenters. The lowest BCUT2D eigenvalue weighted by atomic mass is 10.2. The summed E-state index contributed by atoms with van der Waals surface area (Å²) in [6.45, 7) is 0.425. The second-order valence-electron chi connectivity index (χ2n) is 4.15. The van der Waals surface area contributed by atoms with Gasteiger partial charge in [-0.15, -0.1) is 0 Å². The number of aliphatic carboxylic acids is 1. The van der Waals surface area contributed by atoms with Crippen LogP contribution in [0.2, 0.25) is 0 Å². The molecule has 0 saturated heterocycles. The number of hydrogen-bond donors (Lipinski definition) is 3. The Bertz CT molecular complexity index is 297. The van der Waals surface area contributed by atoms with Crippen LogP contribution in [-0.4, -0.2) is 66.9 Å². The van der Waals surface area contributed by atoms with Gasteiger partial charge in [-0.05, 0) is 0 Å². The van der Waals surface area contributed by atoms with Crippen molar-refractivity contribution in [3.05, 3.63) is 0 Å². The maximum Gasteiger partial charge on any atom is 0.394 e. The lowest BCUT2D eigenvalue weighted by molar-refractivity contribution is -0.873. The highest BCUT2D eigenvalue weighted by Crippen LogP contribution is 1.97. The number of carbonyl (C=O) groups excluding carboxylic acids is 1. The van der Waals surface area contributed by atoms with E-state index < -0.39 is 22.5 Å². The van der Waals surface area contributed by atoms with E-state index in [2.05, 4.69) is 0 Å². The van der Waals surface area contributed by atoms with E-state index in [1.54, 1.807) is 0 Å². The fourth-order valence-corrected chi connectivity index (χ4v) is 0.889. The van der Waals surface area contributed by atoms with Gasteiger partial charge in [0.25, 0.3) is 0 Å². The predicted molar refractivity (Wildman–Crippen MR) is 52.7 cm³/mol. The smallest absolute Gasteiger partial charge is 0.394 e. The molecule has 0 bridgehead atoms. The molecule has 0 aliphatic heterocycles. The Morgan fingerprint density at radius 1 is 1.31 bits per heavy atom. The number of likely N-dealkylation sites (N-methyl/N-ethyl adjacent to an activating group) is 1. The summed E-state index contributed by atoms with van der Waals surface area (Å²) in [5.41, 5.74) is 0. The average Bonchev–Trinajstić information content (AvgIpc) is 1.72. The van der Waals surface area contributed by atoms with Crippen LogP contribution in [-0.2, 0) is 15.2 Å². The van der Waals surface area contributed by atoms with Gasteiger partial charge in [0.15, 0.2) is 0 Å². The highest BCUT2D eigenvalue weighted by Gasteiger charge is 2.14. The van der Waals surface area contributed by atoms with Crippen LogP contribution in [0.1, 0.15) is 6.42 Å². The van der Waals surface area contributed by atoms with Crippen LogP contribution in [0.5, 0.6) is 0 Å². The van der Waals surface area contributed by atoms with E-state index in [0.717, 1.165) is 0 Å². The first-order chi connectivity index (χ1) is 6.81. The molecule has 0 aliphatic rings. The van der Waals surface area contributed by atoms with Crippen molar-refractivity contribution >= 4 is 16.4 Å². The summed E-state index contributed by atoms with van der Waals surface area (Å²) >= 11 is 0. The Morgan fingerprint density at radius 3 is 1.81 bits per heavy atom. The molecule has 0 aliphatic carbocycles. The summed E-state index contributed by atoms with van der Waals surface area (Å²) in [5.74, 6) is -1.20. The van der Waals surface area contributed by atoms with Gasteiger partial charge in [0.2, 0.25) is 0 Å².